The molecule has 0 fully saturated rings. The minimum Gasteiger partial charge on any atom is -0.348 e. The number of benzene rings is 1. The van der Waals surface area contributed by atoms with Gasteiger partial charge < -0.3 is 14.5 Å². The minimum absolute atomic E-state index is 0.0212. The first-order valence-electron chi connectivity index (χ1n) is 7.78. The van der Waals surface area contributed by atoms with E-state index in [0.29, 0.717) is 23.1 Å². The number of fused-ring (bicyclic) bond motifs is 2. The number of H-pyrrole nitrogens is 1. The van der Waals surface area contributed by atoms with Crippen LogP contribution in [0.1, 0.15) is 29.1 Å². The topological polar surface area (TPSA) is 84.2 Å². The number of rotatable bonds is 2. The van der Waals surface area contributed by atoms with Crippen LogP contribution in [0.15, 0.2) is 42.6 Å². The van der Waals surface area contributed by atoms with E-state index in [2.05, 4.69) is 9.55 Å². The molecule has 1 aromatic carbocycles. The normalized spacial score (nSPS) is 17.0. The Labute approximate surface area is 137 Å². The summed E-state index contributed by atoms with van der Waals surface area (Å²) in [5.74, 6) is -0.138. The molecule has 0 saturated carbocycles. The molecule has 0 radical (unpaired) electrons. The number of carbonyl (C=O) groups excluding carboxylic acids is 1. The maximum Gasteiger partial charge on any atom is 0.293 e. The zero-order valence-corrected chi connectivity index (χ0v) is 13.1. The molecule has 0 spiro atoms. The summed E-state index contributed by atoms with van der Waals surface area (Å²) >= 11 is 0. The molecule has 0 saturated heterocycles. The summed E-state index contributed by atoms with van der Waals surface area (Å²) in [7, 11) is 0. The van der Waals surface area contributed by atoms with Crippen molar-refractivity contribution in [2.75, 3.05) is 6.54 Å². The predicted octanol–water partition coefficient (Wildman–Crippen LogP) is 3.09. The van der Waals surface area contributed by atoms with Gasteiger partial charge in [-0.1, -0.05) is 12.1 Å². The van der Waals surface area contributed by atoms with Gasteiger partial charge in [0.1, 0.15) is 11.2 Å². The van der Waals surface area contributed by atoms with Gasteiger partial charge in [-0.3, -0.25) is 14.9 Å². The third-order valence-corrected chi connectivity index (χ3v) is 4.66. The van der Waals surface area contributed by atoms with Gasteiger partial charge in [0.2, 0.25) is 0 Å². The maximum atomic E-state index is 12.9. The van der Waals surface area contributed by atoms with Gasteiger partial charge in [0.15, 0.2) is 0 Å². The molecule has 24 heavy (non-hydrogen) atoms. The Morgan fingerprint density at radius 2 is 2.12 bits per heavy atom. The highest BCUT2D eigenvalue weighted by molar-refractivity contribution is 6.00. The number of non-ortho nitro benzene ring substituents is 1. The van der Waals surface area contributed by atoms with Crippen LogP contribution in [0.3, 0.4) is 0 Å². The van der Waals surface area contributed by atoms with Crippen molar-refractivity contribution in [3.05, 3.63) is 64.1 Å². The Kier molecular flexibility index (Phi) is 3.16. The van der Waals surface area contributed by atoms with Crippen LogP contribution in [0.25, 0.3) is 10.9 Å². The van der Waals surface area contributed by atoms with Gasteiger partial charge in [0.05, 0.1) is 11.0 Å². The van der Waals surface area contributed by atoms with Crippen molar-refractivity contribution in [2.24, 2.45) is 0 Å². The molecule has 1 aliphatic rings. The summed E-state index contributed by atoms with van der Waals surface area (Å²) in [6, 6.07) is 10.5. The number of amides is 1. The first kappa shape index (κ1) is 14.5. The molecule has 7 nitrogen and oxygen atoms in total. The van der Waals surface area contributed by atoms with Crippen molar-refractivity contribution in [3.8, 4) is 0 Å². The second kappa shape index (κ2) is 5.23. The van der Waals surface area contributed by atoms with Crippen LogP contribution in [0, 0.1) is 10.1 Å². The predicted molar refractivity (Wildman–Crippen MR) is 88.8 cm³/mol. The molecular weight excluding hydrogens is 308 g/mol. The molecule has 0 bridgehead atoms. The monoisotopic (exact) mass is 324 g/mol. The Hall–Kier alpha value is -3.09. The Morgan fingerprint density at radius 3 is 2.92 bits per heavy atom. The molecule has 1 amide bonds. The quantitative estimate of drug-likeness (QED) is 0.580. The lowest BCUT2D eigenvalue weighted by Crippen LogP contribution is -2.40. The summed E-state index contributed by atoms with van der Waals surface area (Å²) < 4.78 is 2.14. The van der Waals surface area contributed by atoms with Gasteiger partial charge in [0.25, 0.3) is 11.6 Å². The number of nitrogens with one attached hydrogen (secondary N) is 1. The molecule has 3 heterocycles. The van der Waals surface area contributed by atoms with Crippen molar-refractivity contribution >= 4 is 22.5 Å². The van der Waals surface area contributed by atoms with Gasteiger partial charge in [-0.15, -0.1) is 0 Å². The van der Waals surface area contributed by atoms with Crippen molar-refractivity contribution in [3.63, 3.8) is 0 Å². The maximum absolute atomic E-state index is 12.9. The molecule has 2 aromatic heterocycles. The zero-order chi connectivity index (χ0) is 16.8. The fourth-order valence-electron chi connectivity index (χ4n) is 3.42. The van der Waals surface area contributed by atoms with Gasteiger partial charge in [0, 0.05) is 36.4 Å². The zero-order valence-electron chi connectivity index (χ0n) is 13.1. The fraction of sp³-hybridized carbons (Fsp3) is 0.235. The summed E-state index contributed by atoms with van der Waals surface area (Å²) in [5.41, 5.74) is 1.84. The first-order chi connectivity index (χ1) is 11.6. The Morgan fingerprint density at radius 1 is 1.29 bits per heavy atom. The second-order valence-electron chi connectivity index (χ2n) is 5.98. The molecule has 7 heteroatoms. The second-order valence-corrected chi connectivity index (χ2v) is 5.98. The van der Waals surface area contributed by atoms with Crippen LogP contribution in [0.5, 0.6) is 0 Å². The van der Waals surface area contributed by atoms with E-state index < -0.39 is 4.92 Å². The SMILES string of the molecule is CC1c2cccn2CCN1C(=O)c1cc2cccc([N+](=O)[O-])c2[nH]1. The molecule has 1 atom stereocenters. The summed E-state index contributed by atoms with van der Waals surface area (Å²) in [5, 5.41) is 11.8. The number of hydrogen-bond acceptors (Lipinski definition) is 3. The van der Waals surface area contributed by atoms with E-state index in [9.17, 15) is 14.9 Å². The summed E-state index contributed by atoms with van der Waals surface area (Å²) in [6.07, 6.45) is 2.01. The lowest BCUT2D eigenvalue weighted by atomic mass is 10.1. The van der Waals surface area contributed by atoms with Crippen LogP contribution in [0.2, 0.25) is 0 Å². The third-order valence-electron chi connectivity index (χ3n) is 4.66. The molecule has 122 valence electrons. The van der Waals surface area contributed by atoms with Gasteiger partial charge >= 0.3 is 0 Å². The lowest BCUT2D eigenvalue weighted by molar-refractivity contribution is -0.383. The van der Waals surface area contributed by atoms with Crippen LogP contribution in [-0.4, -0.2) is 31.8 Å². The standard InChI is InChI=1S/C17H16N4O3/c1-11-14-6-3-7-19(14)8-9-20(11)17(22)13-10-12-4-2-5-15(21(23)24)16(12)18-13/h2-7,10-11,18H,8-9H2,1H3. The van der Waals surface area contributed by atoms with Gasteiger partial charge in [-0.25, -0.2) is 0 Å². The summed E-state index contributed by atoms with van der Waals surface area (Å²) in [4.78, 5) is 28.3. The smallest absolute Gasteiger partial charge is 0.293 e. The van der Waals surface area contributed by atoms with Crippen molar-refractivity contribution in [2.45, 2.75) is 19.5 Å². The number of aromatic nitrogens is 2. The average molecular weight is 324 g/mol. The highest BCUT2D eigenvalue weighted by Crippen LogP contribution is 2.29. The van der Waals surface area contributed by atoms with Gasteiger partial charge in [-0.2, -0.15) is 0 Å². The lowest BCUT2D eigenvalue weighted by Gasteiger charge is -2.34. The molecular formula is C17H16N4O3. The first-order valence-corrected chi connectivity index (χ1v) is 7.78. The molecule has 0 aliphatic carbocycles. The Bertz CT molecular complexity index is 956. The van der Waals surface area contributed by atoms with E-state index >= 15 is 0 Å². The largest absolute Gasteiger partial charge is 0.348 e. The minimum atomic E-state index is -0.441. The Balaban J connectivity index is 1.72. The number of nitrogens with zero attached hydrogens (tertiary/aromatic N) is 3. The van der Waals surface area contributed by atoms with E-state index in [0.717, 1.165) is 12.2 Å². The molecule has 1 N–H and O–H groups in total. The fourth-order valence-corrected chi connectivity index (χ4v) is 3.42. The van der Waals surface area contributed by atoms with Crippen LogP contribution in [0.4, 0.5) is 5.69 Å². The average Bonchev–Trinajstić information content (AvgIpc) is 3.20. The van der Waals surface area contributed by atoms with E-state index in [4.69, 9.17) is 0 Å². The summed E-state index contributed by atoms with van der Waals surface area (Å²) in [6.45, 7) is 3.35. The van der Waals surface area contributed by atoms with Crippen molar-refractivity contribution in [1.82, 2.24) is 14.5 Å². The number of nitro groups is 1. The number of hydrogen-bond donors (Lipinski definition) is 1. The van der Waals surface area contributed by atoms with E-state index in [1.807, 2.05) is 25.3 Å². The van der Waals surface area contributed by atoms with Crippen LogP contribution >= 0.6 is 0 Å². The van der Waals surface area contributed by atoms with E-state index in [-0.39, 0.29) is 17.6 Å². The molecule has 1 aliphatic heterocycles. The third kappa shape index (κ3) is 2.09. The van der Waals surface area contributed by atoms with E-state index in [1.54, 1.807) is 23.1 Å². The highest BCUT2D eigenvalue weighted by atomic mass is 16.6. The highest BCUT2D eigenvalue weighted by Gasteiger charge is 2.29. The number of aromatic amines is 1. The number of nitro benzene ring substituents is 1. The van der Waals surface area contributed by atoms with Crippen LogP contribution < -0.4 is 0 Å². The van der Waals surface area contributed by atoms with Crippen molar-refractivity contribution in [1.29, 1.82) is 0 Å². The van der Waals surface area contributed by atoms with Crippen molar-refractivity contribution < 1.29 is 9.72 Å². The van der Waals surface area contributed by atoms with E-state index in [1.165, 1.54) is 6.07 Å². The molecule has 4 rings (SSSR count). The number of para-hydroxylation sites is 1. The molecule has 3 aromatic rings. The van der Waals surface area contributed by atoms with Crippen LogP contribution in [-0.2, 0) is 6.54 Å². The number of carbonyl (C=O) groups is 1. The van der Waals surface area contributed by atoms with Gasteiger partial charge in [-0.05, 0) is 25.1 Å². The molecule has 1 unspecified atom stereocenters.